The first-order chi connectivity index (χ1) is 12.1. The molecule has 0 heterocycles. The van der Waals surface area contributed by atoms with Crippen molar-refractivity contribution in [1.82, 2.24) is 0 Å². The summed E-state index contributed by atoms with van der Waals surface area (Å²) >= 11 is 0. The summed E-state index contributed by atoms with van der Waals surface area (Å²) in [5.41, 5.74) is 5.35. The normalized spacial score (nSPS) is 10.4. The number of carboxylic acids is 1. The van der Waals surface area contributed by atoms with Gasteiger partial charge in [-0.05, 0) is 55.2 Å². The van der Waals surface area contributed by atoms with Crippen molar-refractivity contribution in [2.45, 2.75) is 19.8 Å². The van der Waals surface area contributed by atoms with E-state index in [2.05, 4.69) is 17.4 Å². The van der Waals surface area contributed by atoms with Crippen LogP contribution in [0.15, 0.2) is 72.8 Å². The molecule has 0 radical (unpaired) electrons. The van der Waals surface area contributed by atoms with Crippen LogP contribution in [-0.4, -0.2) is 11.1 Å². The summed E-state index contributed by atoms with van der Waals surface area (Å²) in [7, 11) is 0. The van der Waals surface area contributed by atoms with Gasteiger partial charge in [0.2, 0.25) is 0 Å². The number of aromatic carboxylic acids is 1. The number of hydrogen-bond acceptors (Lipinski definition) is 2. The van der Waals surface area contributed by atoms with Crippen LogP contribution in [0.1, 0.15) is 27.0 Å². The first-order valence-corrected chi connectivity index (χ1v) is 8.35. The smallest absolute Gasteiger partial charge is 0.337 e. The Balaban J connectivity index is 1.81. The van der Waals surface area contributed by atoms with Gasteiger partial charge in [0.15, 0.2) is 0 Å². The zero-order chi connectivity index (χ0) is 17.6. The highest BCUT2D eigenvalue weighted by atomic mass is 16.4. The van der Waals surface area contributed by atoms with Gasteiger partial charge >= 0.3 is 5.97 Å². The maximum Gasteiger partial charge on any atom is 0.337 e. The van der Waals surface area contributed by atoms with Gasteiger partial charge < -0.3 is 10.4 Å². The molecule has 3 rings (SSSR count). The molecule has 3 aromatic carbocycles. The standard InChI is InChI=1S/C22H21NO2/c1-16-7-12-19(13-8-16)23-21-15-18(11-14-20(21)22(24)25)10-9-17-5-3-2-4-6-17/h2-8,11-15,23H,9-10H2,1H3,(H,24,25). The summed E-state index contributed by atoms with van der Waals surface area (Å²) in [5, 5.41) is 12.7. The highest BCUT2D eigenvalue weighted by Gasteiger charge is 2.11. The maximum atomic E-state index is 11.5. The van der Waals surface area contributed by atoms with Crippen molar-refractivity contribution in [2.75, 3.05) is 5.32 Å². The Morgan fingerprint density at radius 3 is 2.24 bits per heavy atom. The fourth-order valence-corrected chi connectivity index (χ4v) is 2.76. The largest absolute Gasteiger partial charge is 0.478 e. The van der Waals surface area contributed by atoms with Gasteiger partial charge in [0.1, 0.15) is 0 Å². The quantitative estimate of drug-likeness (QED) is 0.651. The van der Waals surface area contributed by atoms with Crippen LogP contribution in [0.2, 0.25) is 0 Å². The van der Waals surface area contributed by atoms with Gasteiger partial charge in [-0.2, -0.15) is 0 Å². The SMILES string of the molecule is Cc1ccc(Nc2cc(CCc3ccccc3)ccc2C(=O)O)cc1. The van der Waals surface area contributed by atoms with Gasteiger partial charge in [0.25, 0.3) is 0 Å². The summed E-state index contributed by atoms with van der Waals surface area (Å²) < 4.78 is 0. The third kappa shape index (κ3) is 4.48. The Labute approximate surface area is 148 Å². The lowest BCUT2D eigenvalue weighted by Crippen LogP contribution is -2.04. The van der Waals surface area contributed by atoms with E-state index in [1.54, 1.807) is 6.07 Å². The number of carboxylic acid groups (broad SMARTS) is 1. The van der Waals surface area contributed by atoms with E-state index >= 15 is 0 Å². The lowest BCUT2D eigenvalue weighted by molar-refractivity contribution is 0.0698. The van der Waals surface area contributed by atoms with Gasteiger partial charge in [-0.3, -0.25) is 0 Å². The number of rotatable bonds is 6. The average molecular weight is 331 g/mol. The lowest BCUT2D eigenvalue weighted by atomic mass is 10.0. The topological polar surface area (TPSA) is 49.3 Å². The zero-order valence-corrected chi connectivity index (χ0v) is 14.2. The molecule has 0 spiro atoms. The molecule has 25 heavy (non-hydrogen) atoms. The van der Waals surface area contributed by atoms with Crippen LogP contribution < -0.4 is 5.32 Å². The number of aryl methyl sites for hydroxylation is 3. The van der Waals surface area contributed by atoms with Crippen LogP contribution in [0, 0.1) is 6.92 Å². The monoisotopic (exact) mass is 331 g/mol. The molecular formula is C22H21NO2. The van der Waals surface area contributed by atoms with E-state index < -0.39 is 5.97 Å². The van der Waals surface area contributed by atoms with Gasteiger partial charge in [-0.1, -0.05) is 54.1 Å². The fourth-order valence-electron chi connectivity index (χ4n) is 2.76. The second kappa shape index (κ2) is 7.67. The molecule has 3 heteroatoms. The van der Waals surface area contributed by atoms with Crippen molar-refractivity contribution in [3.8, 4) is 0 Å². The summed E-state index contributed by atoms with van der Waals surface area (Å²) in [4.78, 5) is 11.5. The highest BCUT2D eigenvalue weighted by molar-refractivity contribution is 5.95. The third-order valence-electron chi connectivity index (χ3n) is 4.19. The molecule has 0 aliphatic rings. The fraction of sp³-hybridized carbons (Fsp3) is 0.136. The van der Waals surface area contributed by atoms with Crippen molar-refractivity contribution in [1.29, 1.82) is 0 Å². The van der Waals surface area contributed by atoms with E-state index in [0.717, 1.165) is 24.1 Å². The molecule has 3 aromatic rings. The van der Waals surface area contributed by atoms with E-state index in [9.17, 15) is 9.90 Å². The summed E-state index contributed by atoms with van der Waals surface area (Å²) in [6.45, 7) is 2.02. The molecule has 0 fully saturated rings. The van der Waals surface area contributed by atoms with Crippen molar-refractivity contribution in [3.63, 3.8) is 0 Å². The second-order valence-corrected chi connectivity index (χ2v) is 6.16. The minimum Gasteiger partial charge on any atom is -0.478 e. The van der Waals surface area contributed by atoms with Crippen LogP contribution in [0.5, 0.6) is 0 Å². The van der Waals surface area contributed by atoms with Crippen LogP contribution in [0.4, 0.5) is 11.4 Å². The van der Waals surface area contributed by atoms with Gasteiger partial charge in [0, 0.05) is 5.69 Å². The zero-order valence-electron chi connectivity index (χ0n) is 14.2. The molecule has 0 aliphatic heterocycles. The Kier molecular flexibility index (Phi) is 5.14. The van der Waals surface area contributed by atoms with Crippen LogP contribution in [0.25, 0.3) is 0 Å². The van der Waals surface area contributed by atoms with Crippen molar-refractivity contribution in [3.05, 3.63) is 95.1 Å². The highest BCUT2D eigenvalue weighted by Crippen LogP contribution is 2.24. The molecule has 0 atom stereocenters. The van der Waals surface area contributed by atoms with E-state index in [1.807, 2.05) is 61.5 Å². The molecule has 0 bridgehead atoms. The minimum absolute atomic E-state index is 0.282. The number of anilines is 2. The number of benzene rings is 3. The van der Waals surface area contributed by atoms with Crippen molar-refractivity contribution in [2.24, 2.45) is 0 Å². The van der Waals surface area contributed by atoms with Gasteiger partial charge in [-0.25, -0.2) is 4.79 Å². The predicted molar refractivity (Wildman–Crippen MR) is 102 cm³/mol. The first-order valence-electron chi connectivity index (χ1n) is 8.35. The van der Waals surface area contributed by atoms with Crippen molar-refractivity contribution < 1.29 is 9.90 Å². The molecule has 3 nitrogen and oxygen atoms in total. The number of carbonyl (C=O) groups is 1. The van der Waals surface area contributed by atoms with E-state index in [0.29, 0.717) is 5.69 Å². The van der Waals surface area contributed by atoms with Crippen molar-refractivity contribution >= 4 is 17.3 Å². The van der Waals surface area contributed by atoms with Crippen LogP contribution in [0.3, 0.4) is 0 Å². The predicted octanol–water partition coefficient (Wildman–Crippen LogP) is 5.22. The summed E-state index contributed by atoms with van der Waals surface area (Å²) in [6.07, 6.45) is 1.80. The molecule has 0 unspecified atom stereocenters. The Morgan fingerprint density at radius 1 is 0.880 bits per heavy atom. The van der Waals surface area contributed by atoms with Gasteiger partial charge in [0.05, 0.1) is 11.3 Å². The average Bonchev–Trinajstić information content (AvgIpc) is 2.63. The lowest BCUT2D eigenvalue weighted by Gasteiger charge is -2.12. The maximum absolute atomic E-state index is 11.5. The number of nitrogens with one attached hydrogen (secondary N) is 1. The Hall–Kier alpha value is -3.07. The minimum atomic E-state index is -0.927. The Bertz CT molecular complexity index is 855. The van der Waals surface area contributed by atoms with E-state index in [1.165, 1.54) is 11.1 Å². The molecule has 0 saturated carbocycles. The number of hydrogen-bond donors (Lipinski definition) is 2. The third-order valence-corrected chi connectivity index (χ3v) is 4.19. The molecule has 0 aliphatic carbocycles. The molecule has 126 valence electrons. The van der Waals surface area contributed by atoms with E-state index in [-0.39, 0.29) is 5.56 Å². The molecule has 2 N–H and O–H groups in total. The molecule has 0 saturated heterocycles. The Morgan fingerprint density at radius 2 is 1.56 bits per heavy atom. The molecular weight excluding hydrogens is 310 g/mol. The molecule has 0 amide bonds. The first kappa shape index (κ1) is 16.8. The van der Waals surface area contributed by atoms with Gasteiger partial charge in [-0.15, -0.1) is 0 Å². The van der Waals surface area contributed by atoms with Crippen LogP contribution >= 0.6 is 0 Å². The van der Waals surface area contributed by atoms with Crippen LogP contribution in [-0.2, 0) is 12.8 Å². The van der Waals surface area contributed by atoms with E-state index in [4.69, 9.17) is 0 Å². The summed E-state index contributed by atoms with van der Waals surface area (Å²) in [5.74, 6) is -0.927. The molecule has 0 aromatic heterocycles. The second-order valence-electron chi connectivity index (χ2n) is 6.16. The summed E-state index contributed by atoms with van der Waals surface area (Å²) in [6, 6.07) is 23.7.